The van der Waals surface area contributed by atoms with Gasteiger partial charge in [-0.1, -0.05) is 90.5 Å². The monoisotopic (exact) mass is 350 g/mol. The molecule has 0 amide bonds. The summed E-state index contributed by atoms with van der Waals surface area (Å²) in [6.07, 6.45) is 0. The van der Waals surface area contributed by atoms with Gasteiger partial charge in [0, 0.05) is 20.2 Å². The van der Waals surface area contributed by atoms with Gasteiger partial charge in [-0.05, 0) is 35.2 Å². The molecule has 1 aromatic heterocycles. The van der Waals surface area contributed by atoms with Crippen LogP contribution in [0.25, 0.3) is 42.4 Å². The second-order valence-corrected chi connectivity index (χ2v) is 7.75. The van der Waals surface area contributed by atoms with Crippen molar-refractivity contribution in [1.82, 2.24) is 0 Å². The third-order valence-corrected chi connectivity index (χ3v) is 6.17. The van der Waals surface area contributed by atoms with Gasteiger partial charge in [0.1, 0.15) is 0 Å². The molecule has 1 heterocycles. The van der Waals surface area contributed by atoms with Crippen LogP contribution in [0.15, 0.2) is 91.0 Å². The van der Waals surface area contributed by atoms with Crippen molar-refractivity contribution in [2.45, 2.75) is 6.92 Å². The van der Waals surface area contributed by atoms with Crippen LogP contribution in [0.3, 0.4) is 0 Å². The third kappa shape index (κ3) is 2.44. The van der Waals surface area contributed by atoms with E-state index in [1.165, 1.54) is 48.0 Å². The fraction of sp³-hybridized carbons (Fsp3) is 0.0400. The number of aryl methyl sites for hydroxylation is 1. The van der Waals surface area contributed by atoms with Crippen LogP contribution in [-0.4, -0.2) is 0 Å². The van der Waals surface area contributed by atoms with Crippen LogP contribution in [-0.2, 0) is 0 Å². The second-order valence-electron chi connectivity index (χ2n) is 6.70. The standard InChI is InChI=1S/C25H18S/c1-17-13-15-19(16-14-17)20-9-6-12-23-24(20)22-11-5-10-21(25(22)26-23)18-7-3-2-4-8-18/h2-16H,1H3. The fourth-order valence-electron chi connectivity index (χ4n) is 3.67. The molecule has 0 spiro atoms. The molecular formula is C25H18S. The maximum Gasteiger partial charge on any atom is 0.0434 e. The van der Waals surface area contributed by atoms with E-state index in [1.54, 1.807) is 0 Å². The molecule has 124 valence electrons. The molecule has 0 saturated carbocycles. The highest BCUT2D eigenvalue weighted by Gasteiger charge is 2.13. The molecule has 0 saturated heterocycles. The number of fused-ring (bicyclic) bond motifs is 3. The molecule has 26 heavy (non-hydrogen) atoms. The fourth-order valence-corrected chi connectivity index (χ4v) is 4.93. The molecular weight excluding hydrogens is 332 g/mol. The van der Waals surface area contributed by atoms with Gasteiger partial charge in [-0.15, -0.1) is 11.3 Å². The minimum absolute atomic E-state index is 1.28. The smallest absolute Gasteiger partial charge is 0.0434 e. The molecule has 0 radical (unpaired) electrons. The normalized spacial score (nSPS) is 11.3. The minimum Gasteiger partial charge on any atom is -0.135 e. The van der Waals surface area contributed by atoms with E-state index in [0.29, 0.717) is 0 Å². The van der Waals surface area contributed by atoms with E-state index in [2.05, 4.69) is 97.9 Å². The predicted octanol–water partition coefficient (Wildman–Crippen LogP) is 7.70. The molecule has 5 aromatic rings. The Hall–Kier alpha value is -2.90. The molecule has 0 atom stereocenters. The number of benzene rings is 4. The molecule has 0 unspecified atom stereocenters. The topological polar surface area (TPSA) is 0 Å². The van der Waals surface area contributed by atoms with Gasteiger partial charge in [-0.3, -0.25) is 0 Å². The van der Waals surface area contributed by atoms with Crippen molar-refractivity contribution >= 4 is 31.5 Å². The summed E-state index contributed by atoms with van der Waals surface area (Å²) in [6, 6.07) is 32.9. The predicted molar refractivity (Wildman–Crippen MR) is 115 cm³/mol. The van der Waals surface area contributed by atoms with Gasteiger partial charge < -0.3 is 0 Å². The van der Waals surface area contributed by atoms with Gasteiger partial charge in [0.2, 0.25) is 0 Å². The summed E-state index contributed by atoms with van der Waals surface area (Å²) in [6.45, 7) is 2.14. The number of rotatable bonds is 2. The number of hydrogen-bond donors (Lipinski definition) is 0. The van der Waals surface area contributed by atoms with Crippen LogP contribution in [0.4, 0.5) is 0 Å². The van der Waals surface area contributed by atoms with Gasteiger partial charge in [0.25, 0.3) is 0 Å². The van der Waals surface area contributed by atoms with Crippen LogP contribution in [0.1, 0.15) is 5.56 Å². The first kappa shape index (κ1) is 15.4. The zero-order chi connectivity index (χ0) is 17.5. The maximum atomic E-state index is 2.26. The zero-order valence-electron chi connectivity index (χ0n) is 14.6. The Labute approximate surface area is 157 Å². The van der Waals surface area contributed by atoms with Crippen LogP contribution in [0.5, 0.6) is 0 Å². The summed E-state index contributed by atoms with van der Waals surface area (Å²) in [5.41, 5.74) is 6.49. The maximum absolute atomic E-state index is 2.26. The lowest BCUT2D eigenvalue weighted by Gasteiger charge is -2.06. The van der Waals surface area contributed by atoms with Crippen LogP contribution in [0, 0.1) is 6.92 Å². The summed E-state index contributed by atoms with van der Waals surface area (Å²) in [4.78, 5) is 0. The van der Waals surface area contributed by atoms with Gasteiger partial charge in [-0.25, -0.2) is 0 Å². The molecule has 0 bridgehead atoms. The van der Waals surface area contributed by atoms with Crippen molar-refractivity contribution in [3.63, 3.8) is 0 Å². The lowest BCUT2D eigenvalue weighted by molar-refractivity contribution is 1.47. The molecule has 4 aromatic carbocycles. The molecule has 1 heteroatoms. The third-order valence-electron chi connectivity index (χ3n) is 4.97. The Kier molecular flexibility index (Phi) is 3.62. The second kappa shape index (κ2) is 6.12. The molecule has 5 rings (SSSR count). The van der Waals surface area contributed by atoms with Crippen LogP contribution < -0.4 is 0 Å². The first-order valence-electron chi connectivity index (χ1n) is 8.88. The van der Waals surface area contributed by atoms with E-state index in [-0.39, 0.29) is 0 Å². The minimum atomic E-state index is 1.28. The molecule has 0 N–H and O–H groups in total. The van der Waals surface area contributed by atoms with E-state index >= 15 is 0 Å². The highest BCUT2D eigenvalue weighted by molar-refractivity contribution is 7.26. The van der Waals surface area contributed by atoms with Crippen molar-refractivity contribution < 1.29 is 0 Å². The first-order chi connectivity index (χ1) is 12.8. The summed E-state index contributed by atoms with van der Waals surface area (Å²) in [7, 11) is 0. The van der Waals surface area contributed by atoms with E-state index in [1.807, 2.05) is 11.3 Å². The zero-order valence-corrected chi connectivity index (χ0v) is 15.4. The Morgan fingerprint density at radius 2 is 1.27 bits per heavy atom. The highest BCUT2D eigenvalue weighted by atomic mass is 32.1. The lowest BCUT2D eigenvalue weighted by atomic mass is 9.97. The lowest BCUT2D eigenvalue weighted by Crippen LogP contribution is -1.81. The Balaban J connectivity index is 1.84. The van der Waals surface area contributed by atoms with Gasteiger partial charge in [0.15, 0.2) is 0 Å². The summed E-state index contributed by atoms with van der Waals surface area (Å²) in [5.74, 6) is 0. The average Bonchev–Trinajstić information content (AvgIpc) is 3.08. The number of hydrogen-bond acceptors (Lipinski definition) is 1. The Bertz CT molecular complexity index is 1210. The van der Waals surface area contributed by atoms with Crippen molar-refractivity contribution in [1.29, 1.82) is 0 Å². The van der Waals surface area contributed by atoms with E-state index in [9.17, 15) is 0 Å². The molecule has 0 aliphatic rings. The quantitative estimate of drug-likeness (QED) is 0.306. The van der Waals surface area contributed by atoms with Crippen molar-refractivity contribution in [2.24, 2.45) is 0 Å². The molecule has 0 fully saturated rings. The van der Waals surface area contributed by atoms with E-state index in [4.69, 9.17) is 0 Å². The Morgan fingerprint density at radius 1 is 0.577 bits per heavy atom. The van der Waals surface area contributed by atoms with Crippen LogP contribution in [0.2, 0.25) is 0 Å². The van der Waals surface area contributed by atoms with Crippen molar-refractivity contribution in [3.8, 4) is 22.3 Å². The van der Waals surface area contributed by atoms with Gasteiger partial charge in [-0.2, -0.15) is 0 Å². The number of thiophene rings is 1. The van der Waals surface area contributed by atoms with Crippen LogP contribution >= 0.6 is 11.3 Å². The first-order valence-corrected chi connectivity index (χ1v) is 9.69. The highest BCUT2D eigenvalue weighted by Crippen LogP contribution is 2.43. The molecule has 0 aliphatic carbocycles. The SMILES string of the molecule is Cc1ccc(-c2cccc3sc4c(-c5ccccc5)cccc4c23)cc1. The molecule has 0 nitrogen and oxygen atoms in total. The van der Waals surface area contributed by atoms with Crippen molar-refractivity contribution in [3.05, 3.63) is 96.6 Å². The van der Waals surface area contributed by atoms with Crippen molar-refractivity contribution in [2.75, 3.05) is 0 Å². The summed E-state index contributed by atoms with van der Waals surface area (Å²) in [5, 5.41) is 2.72. The largest absolute Gasteiger partial charge is 0.135 e. The van der Waals surface area contributed by atoms with E-state index < -0.39 is 0 Å². The summed E-state index contributed by atoms with van der Waals surface area (Å²) >= 11 is 1.90. The van der Waals surface area contributed by atoms with Gasteiger partial charge >= 0.3 is 0 Å². The molecule has 0 aliphatic heterocycles. The Morgan fingerprint density at radius 3 is 2.08 bits per heavy atom. The average molecular weight is 350 g/mol. The van der Waals surface area contributed by atoms with Gasteiger partial charge in [0.05, 0.1) is 0 Å². The van der Waals surface area contributed by atoms with E-state index in [0.717, 1.165) is 0 Å². The summed E-state index contributed by atoms with van der Waals surface area (Å²) < 4.78 is 2.72.